The lowest BCUT2D eigenvalue weighted by Gasteiger charge is -2.10. The molecule has 60 heavy (non-hydrogen) atoms. The second kappa shape index (κ2) is 11.9. The minimum absolute atomic E-state index is 0.607. The Morgan fingerprint density at radius 1 is 0.433 bits per heavy atom. The Morgan fingerprint density at radius 3 is 2.07 bits per heavy atom. The van der Waals surface area contributed by atoms with Gasteiger partial charge in [-0.15, -0.1) is 11.3 Å². The molecule has 5 heterocycles. The number of benzene rings is 9. The van der Waals surface area contributed by atoms with Crippen LogP contribution in [-0.4, -0.2) is 14.5 Å². The average Bonchev–Trinajstić information content (AvgIpc) is 4.07. The molecule has 0 fully saturated rings. The third-order valence-corrected chi connectivity index (χ3v) is 13.6. The molecule has 5 aromatic heterocycles. The second-order valence-corrected chi connectivity index (χ2v) is 16.7. The number of nitrogens with zero attached hydrogens (tertiary/aromatic N) is 3. The summed E-state index contributed by atoms with van der Waals surface area (Å²) in [7, 11) is 0. The average molecular weight is 784 g/mol. The summed E-state index contributed by atoms with van der Waals surface area (Å²) in [6, 6.07) is 62.2. The van der Waals surface area contributed by atoms with Crippen LogP contribution in [0.5, 0.6) is 0 Å². The van der Waals surface area contributed by atoms with E-state index in [9.17, 15) is 0 Å². The molecule has 0 atom stereocenters. The van der Waals surface area contributed by atoms with Gasteiger partial charge in [-0.25, -0.2) is 9.97 Å². The van der Waals surface area contributed by atoms with Gasteiger partial charge in [0.25, 0.3) is 0 Å². The molecule has 14 rings (SSSR count). The molecule has 0 unspecified atom stereocenters. The smallest absolute Gasteiger partial charge is 0.235 e. The van der Waals surface area contributed by atoms with Crippen LogP contribution in [0.3, 0.4) is 0 Å². The van der Waals surface area contributed by atoms with Crippen LogP contribution in [0, 0.1) is 0 Å². The van der Waals surface area contributed by atoms with E-state index in [0.29, 0.717) is 5.95 Å². The molecule has 278 valence electrons. The molecule has 0 aliphatic heterocycles. The van der Waals surface area contributed by atoms with Crippen molar-refractivity contribution in [3.05, 3.63) is 176 Å². The van der Waals surface area contributed by atoms with Gasteiger partial charge < -0.3 is 8.83 Å². The number of hydrogen-bond acceptors (Lipinski definition) is 5. The maximum Gasteiger partial charge on any atom is 0.235 e. The molecular weight excluding hydrogens is 755 g/mol. The summed E-state index contributed by atoms with van der Waals surface area (Å²) in [5, 5.41) is 12.4. The van der Waals surface area contributed by atoms with E-state index in [-0.39, 0.29) is 0 Å². The van der Waals surface area contributed by atoms with Crippen molar-refractivity contribution in [2.24, 2.45) is 0 Å². The van der Waals surface area contributed by atoms with E-state index in [1.54, 1.807) is 11.3 Å². The van der Waals surface area contributed by atoms with E-state index in [0.717, 1.165) is 104 Å². The molecule has 0 aliphatic rings. The molecule has 0 bridgehead atoms. The molecule has 0 saturated carbocycles. The normalized spacial score (nSPS) is 12.3. The highest BCUT2D eigenvalue weighted by Gasteiger charge is 2.24. The fraction of sp³-hybridized carbons (Fsp3) is 0. The zero-order valence-corrected chi connectivity index (χ0v) is 32.6. The lowest BCUT2D eigenvalue weighted by molar-refractivity contribution is 0.669. The number of para-hydroxylation sites is 1. The van der Waals surface area contributed by atoms with Crippen LogP contribution in [-0.2, 0) is 0 Å². The summed E-state index contributed by atoms with van der Waals surface area (Å²) in [5.41, 5.74) is 10.5. The van der Waals surface area contributed by atoms with Crippen molar-refractivity contribution in [2.45, 2.75) is 0 Å². The SMILES string of the molecule is c1ccc(-c2cc3oc4c(ccc5c4c4ccccc4n5-c4nc(-c5ccc6c(c5)oc5ccc7ccccc7c56)c5sc6ccccc6c5n4)c3c3ccccc23)cc1. The van der Waals surface area contributed by atoms with Gasteiger partial charge in [-0.2, -0.15) is 0 Å². The molecule has 0 saturated heterocycles. The molecule has 0 N–H and O–H groups in total. The van der Waals surface area contributed by atoms with E-state index >= 15 is 0 Å². The van der Waals surface area contributed by atoms with Crippen LogP contribution in [0.1, 0.15) is 0 Å². The number of rotatable bonds is 3. The Bertz CT molecular complexity index is 4130. The van der Waals surface area contributed by atoms with Gasteiger partial charge in [-0.1, -0.05) is 127 Å². The predicted octanol–water partition coefficient (Wildman–Crippen LogP) is 15.4. The minimum Gasteiger partial charge on any atom is -0.456 e. The zero-order valence-electron chi connectivity index (χ0n) is 31.8. The quantitative estimate of drug-likeness (QED) is 0.179. The number of thiophene rings is 1. The molecular formula is C54H29N3O2S. The monoisotopic (exact) mass is 783 g/mol. The van der Waals surface area contributed by atoms with Gasteiger partial charge in [0.2, 0.25) is 5.95 Å². The lowest BCUT2D eigenvalue weighted by atomic mass is 9.95. The first-order chi connectivity index (χ1) is 29.7. The first kappa shape index (κ1) is 32.2. The van der Waals surface area contributed by atoms with Crippen molar-refractivity contribution in [1.29, 1.82) is 0 Å². The van der Waals surface area contributed by atoms with Crippen LogP contribution in [0.4, 0.5) is 0 Å². The van der Waals surface area contributed by atoms with E-state index in [1.165, 1.54) is 26.2 Å². The number of furan rings is 2. The molecule has 0 spiro atoms. The molecule has 0 aliphatic carbocycles. The summed E-state index contributed by atoms with van der Waals surface area (Å²) in [4.78, 5) is 11.0. The fourth-order valence-electron chi connectivity index (χ4n) is 9.79. The third-order valence-electron chi connectivity index (χ3n) is 12.4. The van der Waals surface area contributed by atoms with E-state index in [2.05, 4.69) is 180 Å². The van der Waals surface area contributed by atoms with E-state index < -0.39 is 0 Å². The first-order valence-corrected chi connectivity index (χ1v) is 21.0. The van der Waals surface area contributed by atoms with Gasteiger partial charge in [0.1, 0.15) is 22.3 Å². The number of hydrogen-bond donors (Lipinski definition) is 0. The summed E-state index contributed by atoms with van der Waals surface area (Å²) < 4.78 is 18.0. The van der Waals surface area contributed by atoms with E-state index in [4.69, 9.17) is 18.8 Å². The van der Waals surface area contributed by atoms with Crippen molar-refractivity contribution >= 4 is 119 Å². The molecule has 0 radical (unpaired) electrons. The maximum atomic E-state index is 7.03. The van der Waals surface area contributed by atoms with Crippen LogP contribution in [0.25, 0.3) is 136 Å². The van der Waals surface area contributed by atoms with Crippen molar-refractivity contribution in [3.63, 3.8) is 0 Å². The van der Waals surface area contributed by atoms with Gasteiger partial charge in [0.15, 0.2) is 0 Å². The Hall–Kier alpha value is -7.80. The highest BCUT2D eigenvalue weighted by atomic mass is 32.1. The summed E-state index contributed by atoms with van der Waals surface area (Å²) in [6.45, 7) is 0. The van der Waals surface area contributed by atoms with Gasteiger partial charge in [-0.3, -0.25) is 4.57 Å². The van der Waals surface area contributed by atoms with Crippen molar-refractivity contribution in [1.82, 2.24) is 14.5 Å². The highest BCUT2D eigenvalue weighted by molar-refractivity contribution is 7.26. The largest absolute Gasteiger partial charge is 0.456 e. The van der Waals surface area contributed by atoms with Crippen LogP contribution < -0.4 is 0 Å². The Labute approximate surface area is 345 Å². The highest BCUT2D eigenvalue weighted by Crippen LogP contribution is 2.46. The Balaban J connectivity index is 1.05. The molecule has 9 aromatic carbocycles. The molecule has 5 nitrogen and oxygen atoms in total. The summed E-state index contributed by atoms with van der Waals surface area (Å²) >= 11 is 1.73. The predicted molar refractivity (Wildman–Crippen MR) is 250 cm³/mol. The lowest BCUT2D eigenvalue weighted by Crippen LogP contribution is -2.02. The third kappa shape index (κ3) is 4.35. The van der Waals surface area contributed by atoms with Crippen LogP contribution in [0.2, 0.25) is 0 Å². The van der Waals surface area contributed by atoms with Gasteiger partial charge in [0.05, 0.1) is 32.3 Å². The van der Waals surface area contributed by atoms with E-state index in [1.807, 2.05) is 0 Å². The number of aromatic nitrogens is 3. The van der Waals surface area contributed by atoms with Crippen LogP contribution >= 0.6 is 11.3 Å². The number of fused-ring (bicyclic) bond motifs is 17. The topological polar surface area (TPSA) is 57.0 Å². The second-order valence-electron chi connectivity index (χ2n) is 15.6. The zero-order chi connectivity index (χ0) is 39.1. The summed E-state index contributed by atoms with van der Waals surface area (Å²) in [6.07, 6.45) is 0. The molecule has 0 amide bonds. The standard InChI is InChI=1S/C54H29N3O2S/c1-2-12-30(13-3-1)40-29-45-48(35-17-7-6-16-34(35)40)39-25-26-42-49(52(39)59-45)36-18-8-10-20-41(36)57(42)54-55-50(53-51(56-54)38-19-9-11-21-46(38)60-53)32-22-24-37-44(28-32)58-43-27-23-31-14-4-5-15-33(31)47(37)43/h1-29H. The molecule has 14 aromatic rings. The maximum absolute atomic E-state index is 7.03. The Kier molecular flexibility index (Phi) is 6.38. The summed E-state index contributed by atoms with van der Waals surface area (Å²) in [5.74, 6) is 0.607. The van der Waals surface area contributed by atoms with Gasteiger partial charge in [0, 0.05) is 42.6 Å². The first-order valence-electron chi connectivity index (χ1n) is 20.1. The van der Waals surface area contributed by atoms with Crippen molar-refractivity contribution < 1.29 is 8.83 Å². The van der Waals surface area contributed by atoms with Crippen molar-refractivity contribution in [2.75, 3.05) is 0 Å². The minimum atomic E-state index is 0.607. The van der Waals surface area contributed by atoms with Gasteiger partial charge >= 0.3 is 0 Å². The molecule has 6 heteroatoms. The fourth-order valence-corrected chi connectivity index (χ4v) is 10.9. The van der Waals surface area contributed by atoms with Gasteiger partial charge in [-0.05, 0) is 81.2 Å². The Morgan fingerprint density at radius 2 is 1.17 bits per heavy atom. The van der Waals surface area contributed by atoms with Crippen LogP contribution in [0.15, 0.2) is 185 Å². The van der Waals surface area contributed by atoms with Crippen molar-refractivity contribution in [3.8, 4) is 28.3 Å².